The Morgan fingerprint density at radius 2 is 1.00 bits per heavy atom. The molecule has 0 nitrogen and oxygen atoms in total. The van der Waals surface area contributed by atoms with Gasteiger partial charge in [-0.2, -0.15) is 0 Å². The summed E-state index contributed by atoms with van der Waals surface area (Å²) < 4.78 is 0. The molecule has 0 unspecified atom stereocenters. The molecule has 0 N–H and O–H groups in total. The molecule has 0 bridgehead atoms. The molecule has 5 heavy (non-hydrogen) atoms. The second-order valence-corrected chi connectivity index (χ2v) is 38.8. The number of halogens is 3. The van der Waals surface area contributed by atoms with Crippen LogP contribution in [0.15, 0.2) is 0 Å². The number of rotatable bonds is 0. The molecule has 0 atom stereocenters. The van der Waals surface area contributed by atoms with E-state index in [2.05, 4.69) is 38.1 Å². The van der Waals surface area contributed by atoms with E-state index in [4.69, 9.17) is 0 Å². The van der Waals surface area contributed by atoms with E-state index in [0.717, 1.165) is 0 Å². The van der Waals surface area contributed by atoms with Crippen molar-refractivity contribution < 1.29 is 0 Å². The maximum absolute atomic E-state index is 3.30. The van der Waals surface area contributed by atoms with Gasteiger partial charge in [0, 0.05) is 51.4 Å². The van der Waals surface area contributed by atoms with Crippen molar-refractivity contribution in [2.24, 2.45) is 0 Å². The van der Waals surface area contributed by atoms with E-state index in [9.17, 15) is 0 Å². The van der Waals surface area contributed by atoms with Crippen LogP contribution < -0.4 is 0 Å². The van der Waals surface area contributed by atoms with Crippen molar-refractivity contribution in [3.63, 3.8) is 0 Å². The molecule has 26 valence electrons. The second-order valence-electron chi connectivity index (χ2n) is 0.214. The van der Waals surface area contributed by atoms with Crippen LogP contribution in [0.1, 0.15) is 0 Å². The minimum atomic E-state index is -1.11. The molecule has 0 saturated heterocycles. The van der Waals surface area contributed by atoms with Crippen LogP contribution in [0.3, 0.4) is 0 Å². The Morgan fingerprint density at radius 1 is 1.00 bits per heavy atom. The molecule has 0 aromatic rings. The van der Waals surface area contributed by atoms with E-state index in [1.165, 1.54) is 0 Å². The normalized spacial score (nSPS) is 7.20. The third-order valence-corrected chi connectivity index (χ3v) is 0. The van der Waals surface area contributed by atoms with Crippen LogP contribution in [0.5, 0.6) is 0 Å². The van der Waals surface area contributed by atoms with Gasteiger partial charge in [-0.3, -0.25) is 0 Å². The Balaban J connectivity index is 0. The van der Waals surface area contributed by atoms with Crippen LogP contribution in [0, 0.1) is 0 Å². The van der Waals surface area contributed by atoms with Crippen LogP contribution in [0.2, 0.25) is 0 Å². The summed E-state index contributed by atoms with van der Waals surface area (Å²) in [4.78, 5) is 0. The predicted octanol–water partition coefficient (Wildman–Crippen LogP) is 1.78. The van der Waals surface area contributed by atoms with Crippen molar-refractivity contribution in [3.05, 3.63) is 0 Å². The Hall–Kier alpha value is 3.88. The fourth-order valence-corrected chi connectivity index (χ4v) is 0. The SMILES string of the molecule is [Br][Sn]([Br])[Br].[K]. The Labute approximate surface area is 99.3 Å². The second kappa shape index (κ2) is 7.88. The minimum absolute atomic E-state index is 0. The fraction of sp³-hybridized carbons (Fsp3) is 0. The molecule has 0 aromatic carbocycles. The first-order valence-electron chi connectivity index (χ1n) is 0.567. The Morgan fingerprint density at radius 3 is 1.00 bits per heavy atom. The van der Waals surface area contributed by atoms with Crippen LogP contribution in [0.4, 0.5) is 0 Å². The molecule has 0 aliphatic rings. The smallest absolute Gasteiger partial charge is 0 e. The summed E-state index contributed by atoms with van der Waals surface area (Å²) in [6.07, 6.45) is 0. The number of hydrogen-bond acceptors (Lipinski definition) is 0. The monoisotopic (exact) mass is 396 g/mol. The van der Waals surface area contributed by atoms with Gasteiger partial charge in [-0.1, -0.05) is 0 Å². The zero-order chi connectivity index (χ0) is 3.58. The average molecular weight is 398 g/mol. The molecule has 5 heteroatoms. The summed E-state index contributed by atoms with van der Waals surface area (Å²) in [7, 11) is 0. The van der Waals surface area contributed by atoms with Gasteiger partial charge in [-0.05, 0) is 0 Å². The van der Waals surface area contributed by atoms with Gasteiger partial charge in [0.05, 0.1) is 0 Å². The first-order chi connectivity index (χ1) is 1.73. The zero-order valence-electron chi connectivity index (χ0n) is 2.63. The summed E-state index contributed by atoms with van der Waals surface area (Å²) in [6.45, 7) is 0. The third kappa shape index (κ3) is 18.1. The number of hydrogen-bond donors (Lipinski definition) is 0. The molecule has 2 radical (unpaired) electrons. The molecule has 0 amide bonds. The van der Waals surface area contributed by atoms with Crippen molar-refractivity contribution in [2.75, 3.05) is 0 Å². The average Bonchev–Trinajstić information content (AvgIpc) is 0.811. The maximum atomic E-state index is 3.30. The van der Waals surface area contributed by atoms with Gasteiger partial charge >= 0.3 is 51.2 Å². The van der Waals surface area contributed by atoms with Gasteiger partial charge in [-0.25, -0.2) is 0 Å². The first-order valence-corrected chi connectivity index (χ1v) is 19.8. The quantitative estimate of drug-likeness (QED) is 0.547. The molecule has 0 fully saturated rings. The first kappa shape index (κ1) is 11.6. The Kier molecular flexibility index (Phi) is 18.3. The summed E-state index contributed by atoms with van der Waals surface area (Å²) >= 11 is 8.80. The van der Waals surface area contributed by atoms with E-state index in [1.807, 2.05) is 0 Å². The van der Waals surface area contributed by atoms with Crippen molar-refractivity contribution in [2.45, 2.75) is 0 Å². The molecule has 0 aliphatic carbocycles. The molecule has 0 aliphatic heterocycles. The van der Waals surface area contributed by atoms with E-state index in [0.29, 0.717) is 0 Å². The molecule has 0 saturated carbocycles. The van der Waals surface area contributed by atoms with Gasteiger partial charge in [0.1, 0.15) is 0 Å². The molecular weight excluding hydrogens is 398 g/mol. The van der Waals surface area contributed by atoms with Gasteiger partial charge in [0.25, 0.3) is 0 Å². The standard InChI is InChI=1S/3BrH.K.Sn/h3*1H;;/q;;;;+3/p-3. The molecule has 0 spiro atoms. The van der Waals surface area contributed by atoms with Crippen molar-refractivity contribution in [1.29, 1.82) is 0 Å². The van der Waals surface area contributed by atoms with Crippen LogP contribution >= 0.6 is 38.1 Å². The van der Waals surface area contributed by atoms with E-state index < -0.39 is 13.1 Å². The van der Waals surface area contributed by atoms with E-state index in [-0.39, 0.29) is 51.4 Å². The summed E-state index contributed by atoms with van der Waals surface area (Å²) in [6, 6.07) is 0. The molecule has 0 rings (SSSR count). The summed E-state index contributed by atoms with van der Waals surface area (Å²) in [5.74, 6) is 0. The van der Waals surface area contributed by atoms with Crippen LogP contribution in [0.25, 0.3) is 0 Å². The van der Waals surface area contributed by atoms with Crippen LogP contribution in [-0.4, -0.2) is 64.5 Å². The van der Waals surface area contributed by atoms with Crippen LogP contribution in [-0.2, 0) is 0 Å². The zero-order valence-corrected chi connectivity index (χ0v) is 13.4. The maximum Gasteiger partial charge on any atom is 0 e. The molecule has 0 aromatic heterocycles. The Bertz CT molecular complexity index is 11.6. The van der Waals surface area contributed by atoms with Gasteiger partial charge in [0.15, 0.2) is 0 Å². The topological polar surface area (TPSA) is 0 Å². The van der Waals surface area contributed by atoms with E-state index in [1.54, 1.807) is 0 Å². The van der Waals surface area contributed by atoms with Crippen molar-refractivity contribution in [3.8, 4) is 0 Å². The molecule has 0 heterocycles. The van der Waals surface area contributed by atoms with Crippen molar-refractivity contribution in [1.82, 2.24) is 0 Å². The summed E-state index contributed by atoms with van der Waals surface area (Å²) in [5, 5.41) is 0. The van der Waals surface area contributed by atoms with Gasteiger partial charge in [-0.15, -0.1) is 0 Å². The van der Waals surface area contributed by atoms with Gasteiger partial charge in [0.2, 0.25) is 0 Å². The van der Waals surface area contributed by atoms with E-state index >= 15 is 0 Å². The summed E-state index contributed by atoms with van der Waals surface area (Å²) in [5.41, 5.74) is 0. The predicted molar refractivity (Wildman–Crippen MR) is 38.3 cm³/mol. The minimum Gasteiger partial charge on any atom is 0 e. The van der Waals surface area contributed by atoms with Crippen molar-refractivity contribution >= 4 is 103 Å². The third-order valence-electron chi connectivity index (χ3n) is 0. The fourth-order valence-electron chi connectivity index (χ4n) is 0. The molecular formula is Br3KSn. The largest absolute Gasteiger partial charge is 0 e. The van der Waals surface area contributed by atoms with Gasteiger partial charge < -0.3 is 0 Å².